The number of fused-ring (bicyclic) bond motifs is 1. The van der Waals surface area contributed by atoms with Gasteiger partial charge in [-0.2, -0.15) is 0 Å². The molecule has 0 aliphatic carbocycles. The number of carbonyl (C=O) groups is 1. The Labute approximate surface area is 90.1 Å². The predicted octanol–water partition coefficient (Wildman–Crippen LogP) is -0.128. The van der Waals surface area contributed by atoms with Crippen LogP contribution in [0.2, 0.25) is 0 Å². The quantitative estimate of drug-likeness (QED) is 0.695. The highest BCUT2D eigenvalue weighted by molar-refractivity contribution is 6.48. The van der Waals surface area contributed by atoms with E-state index < -0.39 is 0 Å². The summed E-state index contributed by atoms with van der Waals surface area (Å²) in [5, 5.41) is 2.79. The van der Waals surface area contributed by atoms with Crippen LogP contribution in [0.5, 0.6) is 0 Å². The van der Waals surface area contributed by atoms with E-state index in [1.165, 1.54) is 23.5 Å². The number of rotatable bonds is 3. The third-order valence-electron chi connectivity index (χ3n) is 2.57. The lowest BCUT2D eigenvalue weighted by Gasteiger charge is -2.04. The summed E-state index contributed by atoms with van der Waals surface area (Å²) in [6.07, 6.45) is 0.882. The molecule has 0 radical (unpaired) electrons. The highest BCUT2D eigenvalue weighted by Crippen LogP contribution is 2.09. The first-order valence-corrected chi connectivity index (χ1v) is 5.18. The number of nitrogens with one attached hydrogen (secondary N) is 1. The molecule has 1 aromatic rings. The molecule has 0 atom stereocenters. The van der Waals surface area contributed by atoms with Crippen LogP contribution in [0.3, 0.4) is 0 Å². The van der Waals surface area contributed by atoms with Crippen LogP contribution in [0.25, 0.3) is 0 Å². The largest absolute Gasteiger partial charge is 0.430 e. The lowest BCUT2D eigenvalue weighted by molar-refractivity contribution is -0.118. The Morgan fingerprint density at radius 1 is 1.60 bits per heavy atom. The maximum atomic E-state index is 10.7. The second-order valence-corrected chi connectivity index (χ2v) is 3.83. The summed E-state index contributed by atoms with van der Waals surface area (Å²) in [5.41, 5.74) is 3.83. The molecule has 1 amide bonds. The van der Waals surface area contributed by atoms with E-state index in [-0.39, 0.29) is 5.91 Å². The van der Waals surface area contributed by atoms with Gasteiger partial charge in [0, 0.05) is 13.5 Å². The number of hydrogen-bond acceptors (Lipinski definition) is 2. The SMILES string of the molecule is CC(=O)NCCc1ccc2c(c1)COB2. The molecule has 1 N–H and O–H groups in total. The van der Waals surface area contributed by atoms with Gasteiger partial charge in [-0.3, -0.25) is 4.79 Å². The zero-order chi connectivity index (χ0) is 10.7. The normalized spacial score (nSPS) is 13.1. The molecule has 4 heteroatoms. The molecule has 1 heterocycles. The minimum Gasteiger partial charge on any atom is -0.430 e. The Kier molecular flexibility index (Phi) is 3.06. The molecule has 1 aliphatic rings. The van der Waals surface area contributed by atoms with Gasteiger partial charge >= 0.3 is 7.48 Å². The molecular formula is C11H14BNO2. The first-order chi connectivity index (χ1) is 7.25. The van der Waals surface area contributed by atoms with Crippen molar-refractivity contribution in [1.82, 2.24) is 5.32 Å². The summed E-state index contributed by atoms with van der Waals surface area (Å²) in [5.74, 6) is 0.0273. The Hall–Kier alpha value is -1.29. The van der Waals surface area contributed by atoms with Gasteiger partial charge < -0.3 is 9.97 Å². The van der Waals surface area contributed by atoms with Crippen LogP contribution in [0.1, 0.15) is 18.1 Å². The van der Waals surface area contributed by atoms with E-state index in [9.17, 15) is 4.79 Å². The smallest absolute Gasteiger partial charge is 0.309 e. The third kappa shape index (κ3) is 2.60. The molecule has 1 aromatic carbocycles. The maximum absolute atomic E-state index is 10.7. The van der Waals surface area contributed by atoms with Crippen molar-refractivity contribution >= 4 is 18.9 Å². The zero-order valence-corrected chi connectivity index (χ0v) is 8.88. The Morgan fingerprint density at radius 2 is 2.47 bits per heavy atom. The summed E-state index contributed by atoms with van der Waals surface area (Å²) in [6.45, 7) is 2.97. The van der Waals surface area contributed by atoms with Gasteiger partial charge in [-0.25, -0.2) is 0 Å². The number of amides is 1. The van der Waals surface area contributed by atoms with Crippen LogP contribution in [0, 0.1) is 0 Å². The van der Waals surface area contributed by atoms with Crippen molar-refractivity contribution in [3.05, 3.63) is 29.3 Å². The molecule has 0 bridgehead atoms. The van der Waals surface area contributed by atoms with Crippen molar-refractivity contribution in [2.75, 3.05) is 6.54 Å². The average Bonchev–Trinajstić information content (AvgIpc) is 2.64. The second kappa shape index (κ2) is 4.49. The van der Waals surface area contributed by atoms with E-state index >= 15 is 0 Å². The fraction of sp³-hybridized carbons (Fsp3) is 0.364. The highest BCUT2D eigenvalue weighted by Gasteiger charge is 2.12. The van der Waals surface area contributed by atoms with Gasteiger partial charge in [0.15, 0.2) is 0 Å². The summed E-state index contributed by atoms with van der Waals surface area (Å²) in [6, 6.07) is 6.39. The zero-order valence-electron chi connectivity index (χ0n) is 8.88. The summed E-state index contributed by atoms with van der Waals surface area (Å²) in [4.78, 5) is 10.7. The second-order valence-electron chi connectivity index (χ2n) is 3.83. The number of carbonyl (C=O) groups excluding carboxylic acids is 1. The van der Waals surface area contributed by atoms with Crippen molar-refractivity contribution in [3.63, 3.8) is 0 Å². The van der Waals surface area contributed by atoms with E-state index in [1.54, 1.807) is 0 Å². The topological polar surface area (TPSA) is 38.3 Å². The summed E-state index contributed by atoms with van der Waals surface area (Å²) in [7, 11) is 0.737. The monoisotopic (exact) mass is 203 g/mol. The average molecular weight is 203 g/mol. The molecule has 0 saturated heterocycles. The highest BCUT2D eigenvalue weighted by atomic mass is 16.4. The van der Waals surface area contributed by atoms with E-state index in [0.717, 1.165) is 20.5 Å². The van der Waals surface area contributed by atoms with Crippen LogP contribution in [0.4, 0.5) is 0 Å². The predicted molar refractivity (Wildman–Crippen MR) is 60.4 cm³/mol. The van der Waals surface area contributed by atoms with E-state index in [0.29, 0.717) is 6.54 Å². The molecule has 1 aliphatic heterocycles. The minimum atomic E-state index is 0.0273. The lowest BCUT2D eigenvalue weighted by Crippen LogP contribution is -2.22. The van der Waals surface area contributed by atoms with Gasteiger partial charge in [-0.1, -0.05) is 18.2 Å². The fourth-order valence-electron chi connectivity index (χ4n) is 1.76. The number of benzene rings is 1. The molecule has 0 saturated carbocycles. The molecule has 0 unspecified atom stereocenters. The molecule has 78 valence electrons. The molecule has 3 nitrogen and oxygen atoms in total. The third-order valence-corrected chi connectivity index (χ3v) is 2.57. The van der Waals surface area contributed by atoms with Crippen LogP contribution in [-0.4, -0.2) is 19.9 Å². The van der Waals surface area contributed by atoms with Gasteiger partial charge in [0.05, 0.1) is 6.61 Å². The molecule has 2 rings (SSSR count). The van der Waals surface area contributed by atoms with E-state index in [1.807, 2.05) is 0 Å². The van der Waals surface area contributed by atoms with Gasteiger partial charge in [-0.05, 0) is 23.0 Å². The van der Waals surface area contributed by atoms with Crippen molar-refractivity contribution in [1.29, 1.82) is 0 Å². The summed E-state index contributed by atoms with van der Waals surface area (Å²) >= 11 is 0. The van der Waals surface area contributed by atoms with Crippen molar-refractivity contribution in [3.8, 4) is 0 Å². The Morgan fingerprint density at radius 3 is 3.27 bits per heavy atom. The fourth-order valence-corrected chi connectivity index (χ4v) is 1.76. The number of hydrogen-bond donors (Lipinski definition) is 1. The molecular weight excluding hydrogens is 189 g/mol. The van der Waals surface area contributed by atoms with E-state index in [2.05, 4.69) is 23.5 Å². The molecule has 0 spiro atoms. The minimum absolute atomic E-state index is 0.0273. The van der Waals surface area contributed by atoms with Gasteiger partial charge in [0.1, 0.15) is 0 Å². The Bertz CT molecular complexity index is 379. The van der Waals surface area contributed by atoms with Crippen LogP contribution < -0.4 is 10.8 Å². The van der Waals surface area contributed by atoms with E-state index in [4.69, 9.17) is 4.65 Å². The molecule has 15 heavy (non-hydrogen) atoms. The lowest BCUT2D eigenvalue weighted by atomic mass is 9.86. The maximum Gasteiger partial charge on any atom is 0.309 e. The standard InChI is InChI=1S/C11H14BNO2/c1-8(14)13-5-4-9-2-3-11-10(6-9)7-15-12-11/h2-3,6,12H,4-5,7H2,1H3,(H,13,14). The van der Waals surface area contributed by atoms with Gasteiger partial charge in [0.2, 0.25) is 5.91 Å². The summed E-state index contributed by atoms with van der Waals surface area (Å²) < 4.78 is 5.34. The van der Waals surface area contributed by atoms with Crippen molar-refractivity contribution in [2.45, 2.75) is 20.0 Å². The van der Waals surface area contributed by atoms with Crippen molar-refractivity contribution in [2.24, 2.45) is 0 Å². The first kappa shape index (κ1) is 10.2. The molecule has 0 fully saturated rings. The van der Waals surface area contributed by atoms with Crippen molar-refractivity contribution < 1.29 is 9.45 Å². The molecule has 0 aromatic heterocycles. The van der Waals surface area contributed by atoms with Gasteiger partial charge in [0.25, 0.3) is 0 Å². The van der Waals surface area contributed by atoms with Gasteiger partial charge in [-0.15, -0.1) is 0 Å². The van der Waals surface area contributed by atoms with Crippen LogP contribution in [0.15, 0.2) is 18.2 Å². The van der Waals surface area contributed by atoms with Crippen LogP contribution in [-0.2, 0) is 22.5 Å². The first-order valence-electron chi connectivity index (χ1n) is 5.18. The Balaban J connectivity index is 1.95. The van der Waals surface area contributed by atoms with Crippen LogP contribution >= 0.6 is 0 Å².